The molecule has 0 radical (unpaired) electrons. The fraction of sp³-hybridized carbons (Fsp3) is 0.273. The van der Waals surface area contributed by atoms with Gasteiger partial charge in [0.25, 0.3) is 0 Å². The highest BCUT2D eigenvalue weighted by molar-refractivity contribution is 6.30. The van der Waals surface area contributed by atoms with Gasteiger partial charge in [-0.05, 0) is 56.9 Å². The van der Waals surface area contributed by atoms with Gasteiger partial charge in [0.2, 0.25) is 11.8 Å². The van der Waals surface area contributed by atoms with E-state index in [4.69, 9.17) is 11.6 Å². The Hall–Kier alpha value is -3.23. The van der Waals surface area contributed by atoms with E-state index in [2.05, 4.69) is 37.6 Å². The van der Waals surface area contributed by atoms with Crippen molar-refractivity contribution < 1.29 is 4.92 Å². The second-order valence-corrected chi connectivity index (χ2v) is 7.83. The fourth-order valence-electron chi connectivity index (χ4n) is 3.11. The van der Waals surface area contributed by atoms with Crippen LogP contribution in [0.1, 0.15) is 17.9 Å². The second-order valence-electron chi connectivity index (χ2n) is 7.40. The van der Waals surface area contributed by atoms with Gasteiger partial charge in [-0.3, -0.25) is 10.1 Å². The van der Waals surface area contributed by atoms with Gasteiger partial charge in [-0.1, -0.05) is 41.9 Å². The molecule has 3 aromatic rings. The standard InChI is InChI=1S/C22H25ClN6O2/c1-28(2)13-12-17(16-6-4-3-5-7-16)14-24-21-20(29(30)31)15-25-22(27-21)26-19-10-8-18(23)9-11-19/h3-11,15,17H,12-14H2,1-2H3,(H2,24,25,26,27). The molecule has 162 valence electrons. The lowest BCUT2D eigenvalue weighted by atomic mass is 9.95. The second kappa shape index (κ2) is 10.7. The van der Waals surface area contributed by atoms with E-state index in [0.29, 0.717) is 11.6 Å². The molecule has 0 saturated heterocycles. The molecule has 8 nitrogen and oxygen atoms in total. The maximum absolute atomic E-state index is 11.5. The van der Waals surface area contributed by atoms with Crippen LogP contribution in [0.3, 0.4) is 0 Å². The van der Waals surface area contributed by atoms with Crippen molar-refractivity contribution in [2.45, 2.75) is 12.3 Å². The summed E-state index contributed by atoms with van der Waals surface area (Å²) in [6.07, 6.45) is 2.11. The number of rotatable bonds is 10. The molecule has 31 heavy (non-hydrogen) atoms. The van der Waals surface area contributed by atoms with Crippen molar-refractivity contribution >= 4 is 34.7 Å². The normalized spacial score (nSPS) is 11.9. The predicted octanol–water partition coefficient (Wildman–Crippen LogP) is 4.93. The highest BCUT2D eigenvalue weighted by atomic mass is 35.5. The summed E-state index contributed by atoms with van der Waals surface area (Å²) in [6, 6.07) is 17.2. The first-order valence-corrected chi connectivity index (χ1v) is 10.3. The summed E-state index contributed by atoms with van der Waals surface area (Å²) in [5.74, 6) is 0.619. The van der Waals surface area contributed by atoms with Crippen molar-refractivity contribution in [3.8, 4) is 0 Å². The van der Waals surface area contributed by atoms with Gasteiger partial charge in [-0.2, -0.15) is 4.98 Å². The molecule has 0 amide bonds. The number of nitro groups is 1. The summed E-state index contributed by atoms with van der Waals surface area (Å²) in [6.45, 7) is 1.41. The molecule has 9 heteroatoms. The lowest BCUT2D eigenvalue weighted by Gasteiger charge is -2.20. The number of aromatic nitrogens is 2. The van der Waals surface area contributed by atoms with Crippen molar-refractivity contribution in [3.63, 3.8) is 0 Å². The molecule has 0 fully saturated rings. The van der Waals surface area contributed by atoms with Gasteiger partial charge < -0.3 is 15.5 Å². The van der Waals surface area contributed by atoms with Crippen LogP contribution in [-0.4, -0.2) is 47.0 Å². The van der Waals surface area contributed by atoms with Crippen molar-refractivity contribution in [3.05, 3.63) is 81.5 Å². The summed E-state index contributed by atoms with van der Waals surface area (Å²) in [5.41, 5.74) is 1.74. The number of halogens is 1. The van der Waals surface area contributed by atoms with Gasteiger partial charge in [0.05, 0.1) is 4.92 Å². The SMILES string of the molecule is CN(C)CCC(CNc1nc(Nc2ccc(Cl)cc2)ncc1[N+](=O)[O-])c1ccccc1. The summed E-state index contributed by atoms with van der Waals surface area (Å²) in [4.78, 5) is 21.6. The van der Waals surface area contributed by atoms with Crippen LogP contribution in [-0.2, 0) is 0 Å². The lowest BCUT2D eigenvalue weighted by molar-refractivity contribution is -0.384. The number of nitrogens with one attached hydrogen (secondary N) is 2. The first-order chi connectivity index (χ1) is 14.9. The van der Waals surface area contributed by atoms with E-state index in [9.17, 15) is 10.1 Å². The Morgan fingerprint density at radius 2 is 1.84 bits per heavy atom. The Bertz CT molecular complexity index is 999. The van der Waals surface area contributed by atoms with Crippen molar-refractivity contribution in [1.82, 2.24) is 14.9 Å². The van der Waals surface area contributed by atoms with Crippen LogP contribution >= 0.6 is 11.6 Å². The third kappa shape index (κ3) is 6.63. The van der Waals surface area contributed by atoms with Gasteiger partial charge >= 0.3 is 5.69 Å². The molecule has 2 aromatic carbocycles. The van der Waals surface area contributed by atoms with Crippen LogP contribution in [0.5, 0.6) is 0 Å². The molecule has 0 aliphatic carbocycles. The number of hydrogen-bond donors (Lipinski definition) is 2. The molecule has 1 heterocycles. The zero-order chi connectivity index (χ0) is 22.2. The van der Waals surface area contributed by atoms with E-state index in [1.807, 2.05) is 32.3 Å². The molecule has 1 atom stereocenters. The minimum Gasteiger partial charge on any atom is -0.364 e. The predicted molar refractivity (Wildman–Crippen MR) is 124 cm³/mol. The number of benzene rings is 2. The monoisotopic (exact) mass is 440 g/mol. The van der Waals surface area contributed by atoms with Crippen LogP contribution in [0.2, 0.25) is 5.02 Å². The minimum atomic E-state index is -0.480. The maximum Gasteiger partial charge on any atom is 0.329 e. The molecule has 2 N–H and O–H groups in total. The van der Waals surface area contributed by atoms with E-state index in [1.165, 1.54) is 11.8 Å². The van der Waals surface area contributed by atoms with E-state index < -0.39 is 4.92 Å². The molecule has 0 spiro atoms. The van der Waals surface area contributed by atoms with E-state index in [0.717, 1.165) is 18.7 Å². The van der Waals surface area contributed by atoms with Gasteiger partial charge in [-0.25, -0.2) is 4.98 Å². The van der Waals surface area contributed by atoms with Crippen LogP contribution in [0.15, 0.2) is 60.8 Å². The molecule has 0 aliphatic rings. The highest BCUT2D eigenvalue weighted by Gasteiger charge is 2.20. The number of nitrogens with zero attached hydrogens (tertiary/aromatic N) is 4. The molecule has 0 bridgehead atoms. The van der Waals surface area contributed by atoms with Gasteiger partial charge in [-0.15, -0.1) is 0 Å². The van der Waals surface area contributed by atoms with Crippen LogP contribution in [0.4, 0.5) is 23.1 Å². The van der Waals surface area contributed by atoms with E-state index in [1.54, 1.807) is 24.3 Å². The van der Waals surface area contributed by atoms with E-state index in [-0.39, 0.29) is 23.4 Å². The lowest BCUT2D eigenvalue weighted by Crippen LogP contribution is -2.21. The topological polar surface area (TPSA) is 96.2 Å². The zero-order valence-electron chi connectivity index (χ0n) is 17.5. The highest BCUT2D eigenvalue weighted by Crippen LogP contribution is 2.26. The molecule has 1 aromatic heterocycles. The number of anilines is 3. The molecular weight excluding hydrogens is 416 g/mol. The Morgan fingerprint density at radius 1 is 1.13 bits per heavy atom. The van der Waals surface area contributed by atoms with Crippen LogP contribution in [0.25, 0.3) is 0 Å². The average molecular weight is 441 g/mol. The number of hydrogen-bond acceptors (Lipinski definition) is 7. The summed E-state index contributed by atoms with van der Waals surface area (Å²) < 4.78 is 0. The van der Waals surface area contributed by atoms with Gasteiger partial charge in [0, 0.05) is 23.2 Å². The Labute approximate surface area is 186 Å². The van der Waals surface area contributed by atoms with Gasteiger partial charge in [0.15, 0.2) is 0 Å². The first kappa shape index (κ1) is 22.5. The van der Waals surface area contributed by atoms with Crippen molar-refractivity contribution in [1.29, 1.82) is 0 Å². The average Bonchev–Trinajstić information content (AvgIpc) is 2.76. The largest absolute Gasteiger partial charge is 0.364 e. The molecule has 0 aliphatic heterocycles. The first-order valence-electron chi connectivity index (χ1n) is 9.90. The molecule has 3 rings (SSSR count). The molecule has 1 unspecified atom stereocenters. The molecular formula is C22H25ClN6O2. The Balaban J connectivity index is 1.79. The van der Waals surface area contributed by atoms with Crippen LogP contribution < -0.4 is 10.6 Å². The van der Waals surface area contributed by atoms with E-state index >= 15 is 0 Å². The smallest absolute Gasteiger partial charge is 0.329 e. The Kier molecular flexibility index (Phi) is 7.75. The zero-order valence-corrected chi connectivity index (χ0v) is 18.2. The van der Waals surface area contributed by atoms with Crippen LogP contribution in [0, 0.1) is 10.1 Å². The Morgan fingerprint density at radius 3 is 2.48 bits per heavy atom. The fourth-order valence-corrected chi connectivity index (χ4v) is 3.23. The third-order valence-electron chi connectivity index (χ3n) is 4.78. The third-order valence-corrected chi connectivity index (χ3v) is 5.03. The van der Waals surface area contributed by atoms with Crippen molar-refractivity contribution in [2.24, 2.45) is 0 Å². The molecule has 0 saturated carbocycles. The maximum atomic E-state index is 11.5. The summed E-state index contributed by atoms with van der Waals surface area (Å²) >= 11 is 5.92. The van der Waals surface area contributed by atoms with Gasteiger partial charge in [0.1, 0.15) is 6.20 Å². The quantitative estimate of drug-likeness (QED) is 0.341. The summed E-state index contributed by atoms with van der Waals surface area (Å²) in [7, 11) is 4.05. The van der Waals surface area contributed by atoms with Crippen molar-refractivity contribution in [2.75, 3.05) is 37.8 Å². The minimum absolute atomic E-state index is 0.166. The summed E-state index contributed by atoms with van der Waals surface area (Å²) in [5, 5.41) is 18.3.